The zero-order chi connectivity index (χ0) is 10.7. The molecule has 0 aromatic rings. The first-order valence-electron chi connectivity index (χ1n) is 5.84. The maximum Gasteiger partial charge on any atom is 0.317 e. The lowest BCUT2D eigenvalue weighted by Gasteiger charge is -2.35. The molecule has 2 aliphatic heterocycles. The fourth-order valence-electron chi connectivity index (χ4n) is 2.29. The lowest BCUT2D eigenvalue weighted by molar-refractivity contribution is 0.0312. The molecule has 4 heteroatoms. The second-order valence-corrected chi connectivity index (χ2v) is 4.84. The highest BCUT2D eigenvalue weighted by atomic mass is 16.5. The van der Waals surface area contributed by atoms with E-state index in [4.69, 9.17) is 4.74 Å². The number of hydrogen-bond donors (Lipinski definition) is 1. The van der Waals surface area contributed by atoms with E-state index in [-0.39, 0.29) is 11.6 Å². The van der Waals surface area contributed by atoms with Crippen molar-refractivity contribution < 1.29 is 9.53 Å². The van der Waals surface area contributed by atoms with E-state index < -0.39 is 0 Å². The Morgan fingerprint density at radius 1 is 1.33 bits per heavy atom. The highest BCUT2D eigenvalue weighted by Gasteiger charge is 2.31. The number of nitrogens with one attached hydrogen (secondary N) is 1. The first kappa shape index (κ1) is 10.7. The molecule has 86 valence electrons. The maximum atomic E-state index is 11.9. The molecule has 2 aliphatic rings. The van der Waals surface area contributed by atoms with Crippen LogP contribution < -0.4 is 5.32 Å². The Bertz CT molecular complexity index is 231. The molecular formula is C11H20N2O2. The van der Waals surface area contributed by atoms with Gasteiger partial charge in [0.2, 0.25) is 0 Å². The Hall–Kier alpha value is -0.770. The smallest absolute Gasteiger partial charge is 0.317 e. The number of urea groups is 1. The molecule has 0 aromatic heterocycles. The summed E-state index contributed by atoms with van der Waals surface area (Å²) >= 11 is 0. The fourth-order valence-corrected chi connectivity index (χ4v) is 2.29. The summed E-state index contributed by atoms with van der Waals surface area (Å²) in [6.07, 6.45) is 4.34. The van der Waals surface area contributed by atoms with Crippen molar-refractivity contribution in [3.05, 3.63) is 0 Å². The summed E-state index contributed by atoms with van der Waals surface area (Å²) in [5, 5.41) is 3.10. The van der Waals surface area contributed by atoms with Crippen molar-refractivity contribution in [2.75, 3.05) is 26.3 Å². The summed E-state index contributed by atoms with van der Waals surface area (Å²) in [5.41, 5.74) is -0.155. The number of rotatable bonds is 1. The Balaban J connectivity index is 1.86. The van der Waals surface area contributed by atoms with Gasteiger partial charge in [-0.25, -0.2) is 4.79 Å². The van der Waals surface area contributed by atoms with Crippen molar-refractivity contribution in [3.8, 4) is 0 Å². The van der Waals surface area contributed by atoms with Crippen molar-refractivity contribution in [2.45, 2.75) is 38.1 Å². The van der Waals surface area contributed by atoms with Gasteiger partial charge in [0.1, 0.15) is 0 Å². The van der Waals surface area contributed by atoms with Crippen LogP contribution in [-0.4, -0.2) is 42.8 Å². The monoisotopic (exact) mass is 212 g/mol. The van der Waals surface area contributed by atoms with Crippen LogP contribution in [0.3, 0.4) is 0 Å². The predicted octanol–water partition coefficient (Wildman–Crippen LogP) is 1.36. The van der Waals surface area contributed by atoms with Gasteiger partial charge >= 0.3 is 6.03 Å². The molecule has 0 aromatic carbocycles. The number of likely N-dealkylation sites (tertiary alicyclic amines) is 1. The van der Waals surface area contributed by atoms with Crippen LogP contribution in [0.25, 0.3) is 0 Å². The predicted molar refractivity (Wildman–Crippen MR) is 57.8 cm³/mol. The number of carbonyl (C=O) groups excluding carboxylic acids is 1. The highest BCUT2D eigenvalue weighted by molar-refractivity contribution is 5.75. The van der Waals surface area contributed by atoms with Crippen molar-refractivity contribution in [2.24, 2.45) is 0 Å². The van der Waals surface area contributed by atoms with E-state index in [9.17, 15) is 4.79 Å². The minimum absolute atomic E-state index is 0.0838. The van der Waals surface area contributed by atoms with E-state index in [2.05, 4.69) is 12.2 Å². The first-order valence-corrected chi connectivity index (χ1v) is 5.84. The number of amides is 2. The van der Waals surface area contributed by atoms with E-state index >= 15 is 0 Å². The van der Waals surface area contributed by atoms with Crippen molar-refractivity contribution in [1.82, 2.24) is 10.2 Å². The molecule has 1 N–H and O–H groups in total. The maximum absolute atomic E-state index is 11.9. The molecule has 2 saturated heterocycles. The van der Waals surface area contributed by atoms with Crippen molar-refractivity contribution in [3.63, 3.8) is 0 Å². The molecule has 4 nitrogen and oxygen atoms in total. The van der Waals surface area contributed by atoms with Crippen LogP contribution in [0.4, 0.5) is 4.79 Å². The molecule has 2 amide bonds. The van der Waals surface area contributed by atoms with Crippen LogP contribution in [0.15, 0.2) is 0 Å². The van der Waals surface area contributed by atoms with Gasteiger partial charge in [-0.15, -0.1) is 0 Å². The minimum atomic E-state index is -0.155. The summed E-state index contributed by atoms with van der Waals surface area (Å²) in [4.78, 5) is 13.8. The largest absolute Gasteiger partial charge is 0.379 e. The minimum Gasteiger partial charge on any atom is -0.379 e. The number of nitrogens with zero attached hydrogens (tertiary/aromatic N) is 1. The fraction of sp³-hybridized carbons (Fsp3) is 0.909. The molecule has 0 saturated carbocycles. The van der Waals surface area contributed by atoms with Gasteiger partial charge in [-0.2, -0.15) is 0 Å². The zero-order valence-corrected chi connectivity index (χ0v) is 9.42. The molecule has 2 rings (SSSR count). The molecule has 2 heterocycles. The molecule has 1 unspecified atom stereocenters. The molecule has 0 spiro atoms. The second-order valence-electron chi connectivity index (χ2n) is 4.84. The summed E-state index contributed by atoms with van der Waals surface area (Å²) in [6.45, 7) is 5.35. The highest BCUT2D eigenvalue weighted by Crippen LogP contribution is 2.19. The molecule has 2 fully saturated rings. The number of hydrogen-bond acceptors (Lipinski definition) is 2. The normalized spacial score (nSPS) is 31.7. The number of carbonyl (C=O) groups is 1. The van der Waals surface area contributed by atoms with Crippen LogP contribution in [-0.2, 0) is 4.74 Å². The van der Waals surface area contributed by atoms with E-state index in [1.807, 2.05) is 4.90 Å². The standard InChI is InChI=1S/C11H20N2O2/c1-11(5-4-8-15-9-11)12-10(14)13-6-2-3-7-13/h2-9H2,1H3,(H,12,14). The van der Waals surface area contributed by atoms with Gasteiger partial charge in [0.05, 0.1) is 12.1 Å². The van der Waals surface area contributed by atoms with Crippen LogP contribution in [0.5, 0.6) is 0 Å². The third kappa shape index (κ3) is 2.62. The van der Waals surface area contributed by atoms with Crippen molar-refractivity contribution in [1.29, 1.82) is 0 Å². The van der Waals surface area contributed by atoms with E-state index in [0.29, 0.717) is 6.61 Å². The van der Waals surface area contributed by atoms with Gasteiger partial charge < -0.3 is 15.0 Å². The summed E-state index contributed by atoms with van der Waals surface area (Å²) in [7, 11) is 0. The first-order chi connectivity index (χ1) is 7.20. The summed E-state index contributed by atoms with van der Waals surface area (Å²) in [6, 6.07) is 0.0838. The SMILES string of the molecule is CC1(NC(=O)N2CCCC2)CCCOC1. The van der Waals surface area contributed by atoms with Gasteiger partial charge in [0, 0.05) is 19.7 Å². The Kier molecular flexibility index (Phi) is 3.14. The lowest BCUT2D eigenvalue weighted by Crippen LogP contribution is -2.55. The molecule has 0 bridgehead atoms. The van der Waals surface area contributed by atoms with Crippen LogP contribution in [0.1, 0.15) is 32.6 Å². The molecule has 0 radical (unpaired) electrons. The van der Waals surface area contributed by atoms with Gasteiger partial charge in [0.25, 0.3) is 0 Å². The quantitative estimate of drug-likeness (QED) is 0.713. The molecule has 1 atom stereocenters. The average molecular weight is 212 g/mol. The van der Waals surface area contributed by atoms with Crippen LogP contribution in [0, 0.1) is 0 Å². The van der Waals surface area contributed by atoms with E-state index in [1.54, 1.807) is 0 Å². The zero-order valence-electron chi connectivity index (χ0n) is 9.42. The number of ether oxygens (including phenoxy) is 1. The Morgan fingerprint density at radius 3 is 2.67 bits per heavy atom. The van der Waals surface area contributed by atoms with Gasteiger partial charge in [-0.3, -0.25) is 0 Å². The molecule has 15 heavy (non-hydrogen) atoms. The van der Waals surface area contributed by atoms with E-state index in [0.717, 1.165) is 45.4 Å². The van der Waals surface area contributed by atoms with Gasteiger partial charge in [-0.1, -0.05) is 0 Å². The third-order valence-electron chi connectivity index (χ3n) is 3.24. The van der Waals surface area contributed by atoms with Crippen molar-refractivity contribution >= 4 is 6.03 Å². The lowest BCUT2D eigenvalue weighted by atomic mass is 9.95. The van der Waals surface area contributed by atoms with Gasteiger partial charge in [0.15, 0.2) is 0 Å². The Morgan fingerprint density at radius 2 is 2.07 bits per heavy atom. The van der Waals surface area contributed by atoms with Gasteiger partial charge in [-0.05, 0) is 32.6 Å². The second kappa shape index (κ2) is 4.39. The van der Waals surface area contributed by atoms with E-state index in [1.165, 1.54) is 0 Å². The Labute approximate surface area is 91.0 Å². The van der Waals surface area contributed by atoms with Crippen LogP contribution >= 0.6 is 0 Å². The topological polar surface area (TPSA) is 41.6 Å². The molecule has 0 aliphatic carbocycles. The average Bonchev–Trinajstić information content (AvgIpc) is 2.70. The van der Waals surface area contributed by atoms with Crippen LogP contribution in [0.2, 0.25) is 0 Å². The summed E-state index contributed by atoms with van der Waals surface area (Å²) in [5.74, 6) is 0. The summed E-state index contributed by atoms with van der Waals surface area (Å²) < 4.78 is 5.42. The molecular weight excluding hydrogens is 192 g/mol. The third-order valence-corrected chi connectivity index (χ3v) is 3.24.